The molecule has 0 radical (unpaired) electrons. The fraction of sp³-hybridized carbons (Fsp3) is 0.455. The van der Waals surface area contributed by atoms with Crippen LogP contribution < -0.4 is 10.0 Å². The molecule has 1 aromatic carbocycles. The molecule has 6 heteroatoms. The second-order valence-corrected chi connectivity index (χ2v) is 6.33. The van der Waals surface area contributed by atoms with Gasteiger partial charge in [0, 0.05) is 6.04 Å². The molecule has 1 fully saturated rings. The minimum absolute atomic E-state index is 0.0509. The van der Waals surface area contributed by atoms with Gasteiger partial charge in [0.05, 0.1) is 16.5 Å². The van der Waals surface area contributed by atoms with E-state index in [0.717, 1.165) is 19.4 Å². The maximum atomic E-state index is 11.9. The minimum Gasteiger partial charge on any atom is -0.313 e. The molecule has 0 aromatic heterocycles. The topological polar surface area (TPSA) is 58.2 Å². The van der Waals surface area contributed by atoms with E-state index in [0.29, 0.717) is 10.7 Å². The van der Waals surface area contributed by atoms with Gasteiger partial charge in [0.15, 0.2) is 0 Å². The quantitative estimate of drug-likeness (QED) is 0.881. The van der Waals surface area contributed by atoms with Crippen LogP contribution in [0.3, 0.4) is 0 Å². The Balaban J connectivity index is 2.04. The van der Waals surface area contributed by atoms with Gasteiger partial charge in [-0.25, -0.2) is 8.42 Å². The van der Waals surface area contributed by atoms with Crippen LogP contribution in [-0.4, -0.2) is 26.8 Å². The van der Waals surface area contributed by atoms with Gasteiger partial charge in [-0.3, -0.25) is 4.72 Å². The van der Waals surface area contributed by atoms with Crippen LogP contribution in [-0.2, 0) is 10.0 Å². The van der Waals surface area contributed by atoms with Gasteiger partial charge in [0.2, 0.25) is 10.0 Å². The first-order chi connectivity index (χ1) is 8.07. The monoisotopic (exact) mass is 274 g/mol. The zero-order valence-electron chi connectivity index (χ0n) is 9.32. The number of anilines is 1. The number of rotatable bonds is 4. The van der Waals surface area contributed by atoms with Crippen LogP contribution in [0.4, 0.5) is 5.69 Å². The SMILES string of the molecule is O=S(=O)(CC1CCCN1)Nc1ccccc1Cl. The summed E-state index contributed by atoms with van der Waals surface area (Å²) in [4.78, 5) is 0. The lowest BCUT2D eigenvalue weighted by Crippen LogP contribution is -2.32. The summed E-state index contributed by atoms with van der Waals surface area (Å²) >= 11 is 5.90. The van der Waals surface area contributed by atoms with Gasteiger partial charge in [-0.15, -0.1) is 0 Å². The predicted molar refractivity (Wildman–Crippen MR) is 69.9 cm³/mol. The molecule has 1 unspecified atom stereocenters. The van der Waals surface area contributed by atoms with E-state index in [1.807, 2.05) is 0 Å². The lowest BCUT2D eigenvalue weighted by atomic mass is 10.3. The van der Waals surface area contributed by atoms with Gasteiger partial charge in [0.25, 0.3) is 0 Å². The summed E-state index contributed by atoms with van der Waals surface area (Å²) in [5.74, 6) is 0.0955. The van der Waals surface area contributed by atoms with Gasteiger partial charge < -0.3 is 5.32 Å². The van der Waals surface area contributed by atoms with E-state index in [-0.39, 0.29) is 11.8 Å². The van der Waals surface area contributed by atoms with Crippen molar-refractivity contribution in [2.75, 3.05) is 17.0 Å². The molecule has 0 amide bonds. The maximum absolute atomic E-state index is 11.9. The van der Waals surface area contributed by atoms with Crippen molar-refractivity contribution in [3.05, 3.63) is 29.3 Å². The highest BCUT2D eigenvalue weighted by atomic mass is 35.5. The van der Waals surface area contributed by atoms with Crippen LogP contribution in [0.1, 0.15) is 12.8 Å². The summed E-state index contributed by atoms with van der Waals surface area (Å²) in [5, 5.41) is 3.57. The molecule has 4 nitrogen and oxygen atoms in total. The first kappa shape index (κ1) is 12.7. The number of para-hydroxylation sites is 1. The zero-order chi connectivity index (χ0) is 12.3. The van der Waals surface area contributed by atoms with Gasteiger partial charge in [-0.05, 0) is 31.5 Å². The van der Waals surface area contributed by atoms with Gasteiger partial charge in [0.1, 0.15) is 0 Å². The fourth-order valence-electron chi connectivity index (χ4n) is 1.92. The van der Waals surface area contributed by atoms with E-state index in [2.05, 4.69) is 10.0 Å². The molecule has 0 aliphatic carbocycles. The van der Waals surface area contributed by atoms with Crippen molar-refractivity contribution >= 4 is 27.3 Å². The van der Waals surface area contributed by atoms with E-state index >= 15 is 0 Å². The Labute approximate surface area is 106 Å². The van der Waals surface area contributed by atoms with Crippen molar-refractivity contribution in [1.29, 1.82) is 0 Å². The molecule has 2 N–H and O–H groups in total. The van der Waals surface area contributed by atoms with Crippen molar-refractivity contribution in [3.8, 4) is 0 Å². The fourth-order valence-corrected chi connectivity index (χ4v) is 3.57. The van der Waals surface area contributed by atoms with Crippen LogP contribution in [0.25, 0.3) is 0 Å². The zero-order valence-corrected chi connectivity index (χ0v) is 10.9. The molecule has 0 bridgehead atoms. The lowest BCUT2D eigenvalue weighted by Gasteiger charge is -2.13. The normalized spacial score (nSPS) is 20.4. The number of sulfonamides is 1. The summed E-state index contributed by atoms with van der Waals surface area (Å²) in [6, 6.07) is 6.88. The number of halogens is 1. The van der Waals surface area contributed by atoms with E-state index in [4.69, 9.17) is 11.6 Å². The molecule has 94 valence electrons. The Morgan fingerprint density at radius 1 is 1.41 bits per heavy atom. The molecule has 17 heavy (non-hydrogen) atoms. The van der Waals surface area contributed by atoms with Crippen molar-refractivity contribution in [2.24, 2.45) is 0 Å². The van der Waals surface area contributed by atoms with Crippen molar-refractivity contribution < 1.29 is 8.42 Å². The number of hydrogen-bond acceptors (Lipinski definition) is 3. The van der Waals surface area contributed by atoms with Crippen LogP contribution in [0, 0.1) is 0 Å². The Morgan fingerprint density at radius 2 is 2.18 bits per heavy atom. The molecule has 0 saturated carbocycles. The molecule has 1 saturated heterocycles. The van der Waals surface area contributed by atoms with E-state index in [1.165, 1.54) is 0 Å². The Morgan fingerprint density at radius 3 is 2.82 bits per heavy atom. The molecule has 2 rings (SSSR count). The van der Waals surface area contributed by atoms with Gasteiger partial charge >= 0.3 is 0 Å². The van der Waals surface area contributed by atoms with Gasteiger partial charge in [-0.1, -0.05) is 23.7 Å². The summed E-state index contributed by atoms with van der Waals surface area (Å²) in [7, 11) is -3.34. The lowest BCUT2D eigenvalue weighted by molar-refractivity contribution is 0.582. The van der Waals surface area contributed by atoms with Crippen molar-refractivity contribution in [1.82, 2.24) is 5.32 Å². The largest absolute Gasteiger partial charge is 0.313 e. The number of nitrogens with one attached hydrogen (secondary N) is 2. The number of benzene rings is 1. The smallest absolute Gasteiger partial charge is 0.234 e. The van der Waals surface area contributed by atoms with Gasteiger partial charge in [-0.2, -0.15) is 0 Å². The van der Waals surface area contributed by atoms with Crippen LogP contribution >= 0.6 is 11.6 Å². The van der Waals surface area contributed by atoms with E-state index < -0.39 is 10.0 Å². The highest BCUT2D eigenvalue weighted by Gasteiger charge is 2.22. The molecule has 1 atom stereocenters. The predicted octanol–water partition coefficient (Wildman–Crippen LogP) is 1.83. The van der Waals surface area contributed by atoms with Crippen molar-refractivity contribution in [3.63, 3.8) is 0 Å². The van der Waals surface area contributed by atoms with E-state index in [9.17, 15) is 8.42 Å². The minimum atomic E-state index is -3.34. The van der Waals surface area contributed by atoms with E-state index in [1.54, 1.807) is 24.3 Å². The Bertz CT molecular complexity index is 484. The molecule has 1 heterocycles. The average molecular weight is 275 g/mol. The van der Waals surface area contributed by atoms with Crippen LogP contribution in [0.2, 0.25) is 5.02 Å². The molecule has 1 aliphatic rings. The third kappa shape index (κ3) is 3.59. The molecule has 1 aliphatic heterocycles. The van der Waals surface area contributed by atoms with Crippen LogP contribution in [0.15, 0.2) is 24.3 Å². The Hall–Kier alpha value is -0.780. The van der Waals surface area contributed by atoms with Crippen LogP contribution in [0.5, 0.6) is 0 Å². The van der Waals surface area contributed by atoms with Crippen molar-refractivity contribution in [2.45, 2.75) is 18.9 Å². The molecular weight excluding hydrogens is 260 g/mol. The highest BCUT2D eigenvalue weighted by molar-refractivity contribution is 7.92. The third-order valence-corrected chi connectivity index (χ3v) is 4.42. The molecule has 1 aromatic rings. The standard InChI is InChI=1S/C11H15ClN2O2S/c12-10-5-1-2-6-11(10)14-17(15,16)8-9-4-3-7-13-9/h1-2,5-6,9,13-14H,3-4,7-8H2. The summed E-state index contributed by atoms with van der Waals surface area (Å²) in [6.45, 7) is 0.895. The summed E-state index contributed by atoms with van der Waals surface area (Å²) in [5.41, 5.74) is 0.437. The maximum Gasteiger partial charge on any atom is 0.234 e. The molecule has 0 spiro atoms. The summed E-state index contributed by atoms with van der Waals surface area (Å²) in [6.07, 6.45) is 1.94. The number of hydrogen-bond donors (Lipinski definition) is 2. The first-order valence-electron chi connectivity index (χ1n) is 5.55. The molecular formula is C11H15ClN2O2S. The Kier molecular flexibility index (Phi) is 3.91. The first-order valence-corrected chi connectivity index (χ1v) is 7.58. The highest BCUT2D eigenvalue weighted by Crippen LogP contribution is 2.22. The summed E-state index contributed by atoms with van der Waals surface area (Å²) < 4.78 is 26.3. The second kappa shape index (κ2) is 5.25. The second-order valence-electron chi connectivity index (χ2n) is 4.16. The average Bonchev–Trinajstić information content (AvgIpc) is 2.73. The third-order valence-electron chi connectivity index (χ3n) is 2.72.